The van der Waals surface area contributed by atoms with Crippen molar-refractivity contribution in [2.75, 3.05) is 6.79 Å². The van der Waals surface area contributed by atoms with E-state index in [1.54, 1.807) is 16.7 Å². The molecule has 2 aliphatic rings. The Labute approximate surface area is 132 Å². The summed E-state index contributed by atoms with van der Waals surface area (Å²) in [5.74, 6) is 1.28. The number of aromatic nitrogens is 2. The maximum atomic E-state index is 12.9. The highest BCUT2D eigenvalue weighted by molar-refractivity contribution is 7.71. The van der Waals surface area contributed by atoms with Crippen LogP contribution in [0.4, 0.5) is 0 Å². The normalized spacial score (nSPS) is 18.5. The zero-order valence-corrected chi connectivity index (χ0v) is 13.1. The van der Waals surface area contributed by atoms with Gasteiger partial charge in [-0.25, -0.2) is 0 Å². The molecule has 116 valence electrons. The summed E-state index contributed by atoms with van der Waals surface area (Å²) in [7, 11) is 0. The highest BCUT2D eigenvalue weighted by atomic mass is 32.1. The van der Waals surface area contributed by atoms with Crippen LogP contribution < -0.4 is 15.0 Å². The summed E-state index contributed by atoms with van der Waals surface area (Å²) in [4.78, 5) is 16.1. The van der Waals surface area contributed by atoms with Crippen LogP contribution in [0.1, 0.15) is 44.6 Å². The van der Waals surface area contributed by atoms with E-state index in [1.807, 2.05) is 0 Å². The molecule has 1 fully saturated rings. The van der Waals surface area contributed by atoms with E-state index in [0.717, 1.165) is 25.7 Å². The van der Waals surface area contributed by atoms with Crippen molar-refractivity contribution < 1.29 is 9.47 Å². The minimum atomic E-state index is -0.0241. The number of rotatable bonds is 1. The van der Waals surface area contributed by atoms with Gasteiger partial charge in [-0.3, -0.25) is 9.36 Å². The first-order valence-corrected chi connectivity index (χ1v) is 8.23. The average molecular weight is 318 g/mol. The summed E-state index contributed by atoms with van der Waals surface area (Å²) in [5, 5.41) is 0.613. The predicted octanol–water partition coefficient (Wildman–Crippen LogP) is 3.68. The molecule has 22 heavy (non-hydrogen) atoms. The molecular weight excluding hydrogens is 300 g/mol. The van der Waals surface area contributed by atoms with Crippen LogP contribution >= 0.6 is 12.2 Å². The van der Waals surface area contributed by atoms with Gasteiger partial charge in [0.2, 0.25) is 6.79 Å². The van der Waals surface area contributed by atoms with Crippen LogP contribution in [-0.4, -0.2) is 16.3 Å². The van der Waals surface area contributed by atoms with Gasteiger partial charge in [0.1, 0.15) is 0 Å². The summed E-state index contributed by atoms with van der Waals surface area (Å²) < 4.78 is 13.0. The van der Waals surface area contributed by atoms with Crippen molar-refractivity contribution in [2.24, 2.45) is 0 Å². The Morgan fingerprint density at radius 1 is 1.09 bits per heavy atom. The van der Waals surface area contributed by atoms with Gasteiger partial charge in [-0.2, -0.15) is 0 Å². The molecule has 1 N–H and O–H groups in total. The lowest BCUT2D eigenvalue weighted by atomic mass is 10.1. The number of nitrogens with zero attached hydrogens (tertiary/aromatic N) is 1. The van der Waals surface area contributed by atoms with Gasteiger partial charge < -0.3 is 14.5 Å². The molecule has 1 aromatic heterocycles. The third kappa shape index (κ3) is 2.22. The molecule has 1 aliphatic carbocycles. The maximum Gasteiger partial charge on any atom is 0.262 e. The van der Waals surface area contributed by atoms with Gasteiger partial charge in [-0.15, -0.1) is 0 Å². The zero-order valence-electron chi connectivity index (χ0n) is 12.3. The Bertz CT molecular complexity index is 832. The molecule has 2 aromatic rings. The van der Waals surface area contributed by atoms with Crippen LogP contribution in [0.25, 0.3) is 10.9 Å². The summed E-state index contributed by atoms with van der Waals surface area (Å²) >= 11 is 5.46. The van der Waals surface area contributed by atoms with Gasteiger partial charge in [0.05, 0.1) is 10.9 Å². The Morgan fingerprint density at radius 2 is 1.77 bits per heavy atom. The van der Waals surface area contributed by atoms with Crippen molar-refractivity contribution in [3.8, 4) is 11.5 Å². The molecule has 0 bridgehead atoms. The molecule has 1 aromatic carbocycles. The topological polar surface area (TPSA) is 56.2 Å². The van der Waals surface area contributed by atoms with E-state index in [-0.39, 0.29) is 18.4 Å². The Balaban J connectivity index is 1.90. The van der Waals surface area contributed by atoms with E-state index in [0.29, 0.717) is 27.2 Å². The molecule has 1 saturated carbocycles. The number of H-pyrrole nitrogens is 1. The van der Waals surface area contributed by atoms with Crippen LogP contribution in [0.15, 0.2) is 16.9 Å². The molecular formula is C16H18N2O3S. The Kier molecular flexibility index (Phi) is 3.41. The monoisotopic (exact) mass is 318 g/mol. The van der Waals surface area contributed by atoms with E-state index in [1.165, 1.54) is 12.8 Å². The SMILES string of the molecule is O=c1c2cc3c(cc2[nH]c(=S)n1C1CCCCCC1)OCO3. The summed E-state index contributed by atoms with van der Waals surface area (Å²) in [5.41, 5.74) is 0.688. The van der Waals surface area contributed by atoms with Gasteiger partial charge in [0, 0.05) is 12.1 Å². The number of ether oxygens (including phenoxy) is 2. The lowest BCUT2D eigenvalue weighted by molar-refractivity contribution is 0.174. The first kappa shape index (κ1) is 13.8. The number of hydrogen-bond acceptors (Lipinski definition) is 4. The fourth-order valence-electron chi connectivity index (χ4n) is 3.47. The highest BCUT2D eigenvalue weighted by Crippen LogP contribution is 2.35. The second-order valence-electron chi connectivity index (χ2n) is 6.00. The van der Waals surface area contributed by atoms with Crippen molar-refractivity contribution >= 4 is 23.1 Å². The van der Waals surface area contributed by atoms with Crippen LogP contribution in [-0.2, 0) is 0 Å². The molecule has 1 aliphatic heterocycles. The fourth-order valence-corrected chi connectivity index (χ4v) is 3.81. The Morgan fingerprint density at radius 3 is 2.50 bits per heavy atom. The molecule has 5 nitrogen and oxygen atoms in total. The smallest absolute Gasteiger partial charge is 0.262 e. The third-order valence-electron chi connectivity index (χ3n) is 4.61. The highest BCUT2D eigenvalue weighted by Gasteiger charge is 2.20. The summed E-state index contributed by atoms with van der Waals surface area (Å²) in [6.07, 6.45) is 6.85. The number of hydrogen-bond donors (Lipinski definition) is 1. The third-order valence-corrected chi connectivity index (χ3v) is 4.91. The van der Waals surface area contributed by atoms with Crippen molar-refractivity contribution in [3.05, 3.63) is 27.3 Å². The maximum absolute atomic E-state index is 12.9. The van der Waals surface area contributed by atoms with Gasteiger partial charge >= 0.3 is 0 Å². The largest absolute Gasteiger partial charge is 0.454 e. The van der Waals surface area contributed by atoms with Crippen molar-refractivity contribution in [2.45, 2.75) is 44.6 Å². The van der Waals surface area contributed by atoms with E-state index < -0.39 is 0 Å². The molecule has 2 heterocycles. The number of aromatic amines is 1. The van der Waals surface area contributed by atoms with E-state index in [2.05, 4.69) is 4.98 Å². The first-order valence-electron chi connectivity index (χ1n) is 7.82. The molecule has 0 radical (unpaired) electrons. The lowest BCUT2D eigenvalue weighted by Gasteiger charge is -2.18. The van der Waals surface area contributed by atoms with Crippen molar-refractivity contribution in [3.63, 3.8) is 0 Å². The van der Waals surface area contributed by atoms with Crippen molar-refractivity contribution in [1.82, 2.24) is 9.55 Å². The zero-order chi connectivity index (χ0) is 15.1. The van der Waals surface area contributed by atoms with Crippen molar-refractivity contribution in [1.29, 1.82) is 0 Å². The van der Waals surface area contributed by atoms with E-state index >= 15 is 0 Å². The fraction of sp³-hybridized carbons (Fsp3) is 0.500. The van der Waals surface area contributed by atoms with Gasteiger partial charge in [0.25, 0.3) is 5.56 Å². The number of fused-ring (bicyclic) bond motifs is 2. The van der Waals surface area contributed by atoms with Gasteiger partial charge in [-0.1, -0.05) is 25.7 Å². The molecule has 6 heteroatoms. The minimum absolute atomic E-state index is 0.0241. The molecule has 0 unspecified atom stereocenters. The summed E-state index contributed by atoms with van der Waals surface area (Å²) in [6.45, 7) is 0.198. The van der Waals surface area contributed by atoms with Crippen LogP contribution in [0.5, 0.6) is 11.5 Å². The molecule has 0 amide bonds. The predicted molar refractivity (Wildman–Crippen MR) is 86.3 cm³/mol. The molecule has 4 rings (SSSR count). The molecule has 0 saturated heterocycles. The second kappa shape index (κ2) is 5.43. The standard InChI is InChI=1S/C16H18N2O3S/c19-15-11-7-13-14(21-9-20-13)8-12(11)17-16(22)18(15)10-5-3-1-2-4-6-10/h7-8,10H,1-6,9H2,(H,17,22). The molecule has 0 atom stereocenters. The average Bonchev–Trinajstić information content (AvgIpc) is 2.79. The summed E-state index contributed by atoms with van der Waals surface area (Å²) in [6, 6.07) is 3.76. The second-order valence-corrected chi connectivity index (χ2v) is 6.39. The van der Waals surface area contributed by atoms with E-state index in [9.17, 15) is 4.79 Å². The lowest BCUT2D eigenvalue weighted by Crippen LogP contribution is -2.26. The quantitative estimate of drug-likeness (QED) is 0.643. The number of nitrogens with one attached hydrogen (secondary N) is 1. The van der Waals surface area contributed by atoms with E-state index in [4.69, 9.17) is 21.7 Å². The van der Waals surface area contributed by atoms with Crippen LogP contribution in [0.3, 0.4) is 0 Å². The van der Waals surface area contributed by atoms with Crippen LogP contribution in [0.2, 0.25) is 0 Å². The first-order chi connectivity index (χ1) is 10.7. The molecule has 0 spiro atoms. The minimum Gasteiger partial charge on any atom is -0.454 e. The van der Waals surface area contributed by atoms with Crippen LogP contribution in [0, 0.1) is 4.77 Å². The van der Waals surface area contributed by atoms with Gasteiger partial charge in [0.15, 0.2) is 16.3 Å². The van der Waals surface area contributed by atoms with Gasteiger partial charge in [-0.05, 0) is 31.1 Å². The number of benzene rings is 1. The Hall–Kier alpha value is -1.82.